The third-order valence-corrected chi connectivity index (χ3v) is 5.23. The van der Waals surface area contributed by atoms with Gasteiger partial charge in [-0.25, -0.2) is 13.6 Å². The molecule has 2 aliphatic rings. The smallest absolute Gasteiger partial charge is 0.209 e. The summed E-state index contributed by atoms with van der Waals surface area (Å²) in [7, 11) is -3.44. The van der Waals surface area contributed by atoms with E-state index in [1.807, 2.05) is 0 Å². The van der Waals surface area contributed by atoms with Crippen LogP contribution in [0.3, 0.4) is 0 Å². The second-order valence-corrected chi connectivity index (χ2v) is 7.60. The maximum Gasteiger partial charge on any atom is 0.209 e. The van der Waals surface area contributed by atoms with E-state index >= 15 is 0 Å². The maximum atomic E-state index is 11.5. The highest BCUT2D eigenvalue weighted by atomic mass is 32.2. The highest BCUT2D eigenvalue weighted by Crippen LogP contribution is 2.38. The number of hydrogen-bond donors (Lipinski definition) is 1. The number of sulfonamides is 1. The SMILES string of the molecule is NS(=O)(=O)CC1(COC2CCOCC2)CCCCC1. The number of nitrogens with two attached hydrogens (primary N) is 1. The van der Waals surface area contributed by atoms with E-state index in [0.717, 1.165) is 51.7 Å². The second-order valence-electron chi connectivity index (χ2n) is 5.99. The minimum atomic E-state index is -3.44. The first-order valence-corrected chi connectivity index (χ1v) is 8.91. The van der Waals surface area contributed by atoms with Gasteiger partial charge in [-0.2, -0.15) is 0 Å². The molecule has 2 N–H and O–H groups in total. The van der Waals surface area contributed by atoms with Gasteiger partial charge >= 0.3 is 0 Å². The van der Waals surface area contributed by atoms with E-state index in [-0.39, 0.29) is 17.3 Å². The van der Waals surface area contributed by atoms with Gasteiger partial charge in [0, 0.05) is 18.6 Å². The Hall–Kier alpha value is -0.170. The van der Waals surface area contributed by atoms with Crippen LogP contribution in [-0.2, 0) is 19.5 Å². The van der Waals surface area contributed by atoms with Crippen LogP contribution in [0.25, 0.3) is 0 Å². The molecule has 0 bridgehead atoms. The lowest BCUT2D eigenvalue weighted by atomic mass is 9.76. The largest absolute Gasteiger partial charge is 0.381 e. The van der Waals surface area contributed by atoms with Crippen LogP contribution < -0.4 is 5.14 Å². The Balaban J connectivity index is 1.93. The van der Waals surface area contributed by atoms with Crippen molar-refractivity contribution in [2.24, 2.45) is 10.6 Å². The standard InChI is InChI=1S/C13H25NO4S/c14-19(15,16)11-13(6-2-1-3-7-13)10-18-12-4-8-17-9-5-12/h12H,1-11H2,(H2,14,15,16). The van der Waals surface area contributed by atoms with Gasteiger partial charge in [0.2, 0.25) is 10.0 Å². The third-order valence-electron chi connectivity index (χ3n) is 4.22. The van der Waals surface area contributed by atoms with E-state index in [2.05, 4.69) is 0 Å². The van der Waals surface area contributed by atoms with Gasteiger partial charge in [-0.15, -0.1) is 0 Å². The van der Waals surface area contributed by atoms with Gasteiger partial charge in [0.15, 0.2) is 0 Å². The molecule has 2 rings (SSSR count). The van der Waals surface area contributed by atoms with Crippen LogP contribution in [0.4, 0.5) is 0 Å². The van der Waals surface area contributed by atoms with Crippen molar-refractivity contribution < 1.29 is 17.9 Å². The quantitative estimate of drug-likeness (QED) is 0.831. The summed E-state index contributed by atoms with van der Waals surface area (Å²) >= 11 is 0. The van der Waals surface area contributed by atoms with Crippen molar-refractivity contribution in [3.8, 4) is 0 Å². The fraction of sp³-hybridized carbons (Fsp3) is 1.00. The summed E-state index contributed by atoms with van der Waals surface area (Å²) in [4.78, 5) is 0. The highest BCUT2D eigenvalue weighted by Gasteiger charge is 2.36. The molecular weight excluding hydrogens is 266 g/mol. The van der Waals surface area contributed by atoms with E-state index in [1.54, 1.807) is 0 Å². The summed E-state index contributed by atoms with van der Waals surface area (Å²) in [5.41, 5.74) is -0.260. The molecule has 0 aromatic rings. The Morgan fingerprint density at radius 3 is 2.37 bits per heavy atom. The van der Waals surface area contributed by atoms with Crippen molar-refractivity contribution in [3.63, 3.8) is 0 Å². The third kappa shape index (κ3) is 5.02. The summed E-state index contributed by atoms with van der Waals surface area (Å²) in [5.74, 6) is 0.0587. The molecule has 19 heavy (non-hydrogen) atoms. The van der Waals surface area contributed by atoms with Crippen LogP contribution in [0.2, 0.25) is 0 Å². The van der Waals surface area contributed by atoms with Gasteiger partial charge < -0.3 is 9.47 Å². The van der Waals surface area contributed by atoms with Gasteiger partial charge in [-0.05, 0) is 25.7 Å². The number of hydrogen-bond acceptors (Lipinski definition) is 4. The van der Waals surface area contributed by atoms with Crippen molar-refractivity contribution in [1.82, 2.24) is 0 Å². The van der Waals surface area contributed by atoms with E-state index in [1.165, 1.54) is 6.42 Å². The summed E-state index contributed by atoms with van der Waals surface area (Å²) in [6.07, 6.45) is 7.19. The van der Waals surface area contributed by atoms with E-state index in [9.17, 15) is 8.42 Å². The van der Waals surface area contributed by atoms with E-state index in [0.29, 0.717) is 6.61 Å². The minimum absolute atomic E-state index is 0.0587. The molecule has 1 aliphatic heterocycles. The summed E-state index contributed by atoms with van der Waals surface area (Å²) in [6, 6.07) is 0. The molecule has 0 spiro atoms. The van der Waals surface area contributed by atoms with Crippen LogP contribution in [-0.4, -0.2) is 40.1 Å². The zero-order valence-corrected chi connectivity index (χ0v) is 12.3. The van der Waals surface area contributed by atoms with Crippen LogP contribution in [0.15, 0.2) is 0 Å². The summed E-state index contributed by atoms with van der Waals surface area (Å²) in [6.45, 7) is 2.01. The molecule has 1 aliphatic carbocycles. The van der Waals surface area contributed by atoms with Crippen molar-refractivity contribution in [2.75, 3.05) is 25.6 Å². The molecule has 1 saturated heterocycles. The maximum absolute atomic E-state index is 11.5. The zero-order valence-electron chi connectivity index (χ0n) is 11.5. The Morgan fingerprint density at radius 2 is 1.79 bits per heavy atom. The lowest BCUT2D eigenvalue weighted by Gasteiger charge is -2.37. The van der Waals surface area contributed by atoms with Gasteiger partial charge in [0.1, 0.15) is 0 Å². The molecule has 0 atom stereocenters. The lowest BCUT2D eigenvalue weighted by molar-refractivity contribution is -0.0648. The average Bonchev–Trinajstić information content (AvgIpc) is 2.37. The van der Waals surface area contributed by atoms with Gasteiger partial charge in [-0.1, -0.05) is 19.3 Å². The highest BCUT2D eigenvalue weighted by molar-refractivity contribution is 7.89. The van der Waals surface area contributed by atoms with E-state index < -0.39 is 10.0 Å². The normalized spacial score (nSPS) is 25.3. The van der Waals surface area contributed by atoms with E-state index in [4.69, 9.17) is 14.6 Å². The van der Waals surface area contributed by atoms with Gasteiger partial charge in [0.25, 0.3) is 0 Å². The summed E-state index contributed by atoms with van der Waals surface area (Å²) < 4.78 is 34.2. The first kappa shape index (κ1) is 15.2. The molecule has 5 nitrogen and oxygen atoms in total. The van der Waals surface area contributed by atoms with Crippen molar-refractivity contribution in [1.29, 1.82) is 0 Å². The molecular formula is C13H25NO4S. The first-order chi connectivity index (χ1) is 8.99. The molecule has 1 saturated carbocycles. The van der Waals surface area contributed by atoms with Gasteiger partial charge in [-0.3, -0.25) is 0 Å². The Kier molecular flexibility index (Phi) is 5.22. The molecule has 0 radical (unpaired) electrons. The van der Waals surface area contributed by atoms with Crippen molar-refractivity contribution in [3.05, 3.63) is 0 Å². The lowest BCUT2D eigenvalue weighted by Crippen LogP contribution is -2.40. The van der Waals surface area contributed by atoms with Crippen LogP contribution in [0.5, 0.6) is 0 Å². The Morgan fingerprint density at radius 1 is 1.16 bits per heavy atom. The number of primary sulfonamides is 1. The van der Waals surface area contributed by atoms with Crippen LogP contribution in [0, 0.1) is 5.41 Å². The molecule has 6 heteroatoms. The Bertz CT molecular complexity index is 370. The predicted octanol–water partition coefficient (Wildman–Crippen LogP) is 1.42. The fourth-order valence-corrected chi connectivity index (χ4v) is 4.42. The van der Waals surface area contributed by atoms with Gasteiger partial charge in [0.05, 0.1) is 18.5 Å². The molecule has 112 valence electrons. The zero-order chi connectivity index (χ0) is 13.8. The second kappa shape index (κ2) is 6.52. The molecule has 0 unspecified atom stereocenters. The topological polar surface area (TPSA) is 78.6 Å². The Labute approximate surface area is 115 Å². The molecule has 0 aromatic heterocycles. The molecule has 2 fully saturated rings. The monoisotopic (exact) mass is 291 g/mol. The first-order valence-electron chi connectivity index (χ1n) is 7.19. The van der Waals surface area contributed by atoms with Crippen molar-refractivity contribution in [2.45, 2.75) is 51.0 Å². The molecule has 0 aromatic carbocycles. The minimum Gasteiger partial charge on any atom is -0.381 e. The summed E-state index contributed by atoms with van der Waals surface area (Å²) in [5, 5.41) is 5.26. The van der Waals surface area contributed by atoms with Crippen LogP contribution in [0.1, 0.15) is 44.9 Å². The number of ether oxygens (including phenoxy) is 2. The predicted molar refractivity (Wildman–Crippen MR) is 73.3 cm³/mol. The fourth-order valence-electron chi connectivity index (χ4n) is 3.20. The molecule has 0 amide bonds. The van der Waals surface area contributed by atoms with Crippen LogP contribution >= 0.6 is 0 Å². The average molecular weight is 291 g/mol. The number of rotatable bonds is 5. The van der Waals surface area contributed by atoms with Crippen molar-refractivity contribution >= 4 is 10.0 Å². The molecule has 1 heterocycles.